The third-order valence-corrected chi connectivity index (χ3v) is 6.55. The highest BCUT2D eigenvalue weighted by atomic mass is 16.5. The van der Waals surface area contributed by atoms with E-state index < -0.39 is 0 Å². The number of carbonyl (C=O) groups is 2. The Hall–Kier alpha value is -4.72. The number of ketones is 1. The Labute approximate surface area is 228 Å². The number of nitrogens with two attached hydrogens (primary N) is 1. The Balaban J connectivity index is 1.71. The zero-order valence-electron chi connectivity index (χ0n) is 22.4. The molecule has 0 aromatic heterocycles. The van der Waals surface area contributed by atoms with E-state index >= 15 is 0 Å². The zero-order valence-corrected chi connectivity index (χ0v) is 22.4. The fourth-order valence-corrected chi connectivity index (χ4v) is 4.60. The molecule has 0 heterocycles. The van der Waals surface area contributed by atoms with Gasteiger partial charge in [0.2, 0.25) is 0 Å². The van der Waals surface area contributed by atoms with Crippen LogP contribution in [0.1, 0.15) is 34.3 Å². The van der Waals surface area contributed by atoms with Crippen molar-refractivity contribution in [1.29, 1.82) is 0 Å². The van der Waals surface area contributed by atoms with Gasteiger partial charge in [-0.15, -0.1) is 0 Å². The summed E-state index contributed by atoms with van der Waals surface area (Å²) in [5, 5.41) is 3.07. The second-order valence-corrected chi connectivity index (χ2v) is 9.06. The number of para-hydroxylation sites is 1. The molecule has 39 heavy (non-hydrogen) atoms. The number of amides is 1. The summed E-state index contributed by atoms with van der Waals surface area (Å²) in [4.78, 5) is 26.7. The summed E-state index contributed by atoms with van der Waals surface area (Å²) in [5.41, 5.74) is 9.49. The van der Waals surface area contributed by atoms with E-state index in [9.17, 15) is 9.59 Å². The van der Waals surface area contributed by atoms with E-state index in [1.165, 1.54) is 0 Å². The second-order valence-electron chi connectivity index (χ2n) is 9.06. The molecule has 0 unspecified atom stereocenters. The molecule has 1 aliphatic rings. The summed E-state index contributed by atoms with van der Waals surface area (Å²) < 4.78 is 21.5. The molecule has 0 atom stereocenters. The van der Waals surface area contributed by atoms with Gasteiger partial charge in [-0.2, -0.15) is 0 Å². The molecular formula is C31H32N2O6. The second kappa shape index (κ2) is 12.2. The summed E-state index contributed by atoms with van der Waals surface area (Å²) in [6.45, 7) is 0. The first kappa shape index (κ1) is 27.3. The number of nitrogen functional groups attached to an aromatic ring is 1. The number of hydrogen-bond donors (Lipinski definition) is 2. The van der Waals surface area contributed by atoms with Crippen molar-refractivity contribution in [3.8, 4) is 23.0 Å². The Morgan fingerprint density at radius 3 is 1.72 bits per heavy atom. The van der Waals surface area contributed by atoms with Crippen LogP contribution >= 0.6 is 0 Å². The fraction of sp³-hybridized carbons (Fsp3) is 0.226. The van der Waals surface area contributed by atoms with Gasteiger partial charge in [0.05, 0.1) is 34.0 Å². The maximum atomic E-state index is 13.7. The number of anilines is 1. The lowest BCUT2D eigenvalue weighted by molar-refractivity contribution is -0.113. The van der Waals surface area contributed by atoms with Crippen molar-refractivity contribution in [3.05, 3.63) is 88.5 Å². The largest absolute Gasteiger partial charge is 0.493 e. The molecule has 3 aromatic carbocycles. The van der Waals surface area contributed by atoms with Gasteiger partial charge in [-0.1, -0.05) is 24.3 Å². The van der Waals surface area contributed by atoms with Crippen molar-refractivity contribution in [1.82, 2.24) is 5.32 Å². The first-order valence-electron chi connectivity index (χ1n) is 12.4. The molecule has 202 valence electrons. The van der Waals surface area contributed by atoms with Crippen molar-refractivity contribution in [2.24, 2.45) is 0 Å². The minimum absolute atomic E-state index is 0.0932. The van der Waals surface area contributed by atoms with Crippen molar-refractivity contribution >= 4 is 29.5 Å². The van der Waals surface area contributed by atoms with Crippen molar-refractivity contribution in [2.45, 2.75) is 18.9 Å². The minimum atomic E-state index is -0.326. The lowest BCUT2D eigenvalue weighted by Crippen LogP contribution is -2.39. The van der Waals surface area contributed by atoms with E-state index in [1.807, 2.05) is 36.4 Å². The van der Waals surface area contributed by atoms with Gasteiger partial charge in [-0.25, -0.2) is 0 Å². The Kier molecular flexibility index (Phi) is 8.56. The van der Waals surface area contributed by atoms with E-state index in [4.69, 9.17) is 24.7 Å². The number of rotatable bonds is 8. The van der Waals surface area contributed by atoms with E-state index in [2.05, 4.69) is 5.32 Å². The van der Waals surface area contributed by atoms with Gasteiger partial charge in [-0.3, -0.25) is 9.59 Å². The molecule has 0 spiro atoms. The smallest absolute Gasteiger partial charge is 0.253 e. The third-order valence-electron chi connectivity index (χ3n) is 6.55. The molecule has 8 heteroatoms. The maximum Gasteiger partial charge on any atom is 0.253 e. The van der Waals surface area contributed by atoms with Crippen LogP contribution in [0.25, 0.3) is 12.2 Å². The van der Waals surface area contributed by atoms with Crippen LogP contribution < -0.4 is 30.0 Å². The number of carbonyl (C=O) groups excluding carboxylic acids is 2. The van der Waals surface area contributed by atoms with Crippen LogP contribution in [0.2, 0.25) is 0 Å². The first-order valence-corrected chi connectivity index (χ1v) is 12.4. The molecule has 0 aliphatic heterocycles. The molecule has 1 saturated carbocycles. The van der Waals surface area contributed by atoms with Crippen molar-refractivity contribution in [2.75, 3.05) is 34.2 Å². The summed E-state index contributed by atoms with van der Waals surface area (Å²) in [7, 11) is 6.26. The van der Waals surface area contributed by atoms with Crippen LogP contribution in [0.15, 0.2) is 71.8 Å². The summed E-state index contributed by atoms with van der Waals surface area (Å²) in [6, 6.07) is 17.5. The lowest BCUT2D eigenvalue weighted by atomic mass is 9.83. The summed E-state index contributed by atoms with van der Waals surface area (Å²) in [6.07, 6.45) is 4.35. The zero-order chi connectivity index (χ0) is 27.9. The topological polar surface area (TPSA) is 109 Å². The first-order chi connectivity index (χ1) is 18.9. The van der Waals surface area contributed by atoms with E-state index in [-0.39, 0.29) is 17.7 Å². The Morgan fingerprint density at radius 1 is 0.769 bits per heavy atom. The highest BCUT2D eigenvalue weighted by Gasteiger charge is 2.29. The van der Waals surface area contributed by atoms with E-state index in [0.29, 0.717) is 58.2 Å². The molecule has 1 aliphatic carbocycles. The van der Waals surface area contributed by atoms with Gasteiger partial charge >= 0.3 is 0 Å². The van der Waals surface area contributed by atoms with Crippen molar-refractivity contribution < 1.29 is 28.5 Å². The highest BCUT2D eigenvalue weighted by molar-refractivity contribution is 6.14. The van der Waals surface area contributed by atoms with Crippen LogP contribution in [0, 0.1) is 0 Å². The molecule has 0 bridgehead atoms. The SMILES string of the molecule is COc1ccc(/C=C2\CC(NC(=O)c3ccccc3N)C/C(=C\c3ccc(OC)c(OC)c3)C2=O)cc1OC. The number of hydrogen-bond acceptors (Lipinski definition) is 7. The maximum absolute atomic E-state index is 13.7. The molecular weight excluding hydrogens is 496 g/mol. The molecule has 3 aromatic rings. The Morgan fingerprint density at radius 2 is 1.26 bits per heavy atom. The van der Waals surface area contributed by atoms with Crippen LogP contribution in [-0.4, -0.2) is 46.2 Å². The van der Waals surface area contributed by atoms with Gasteiger partial charge in [-0.05, 0) is 72.5 Å². The van der Waals surface area contributed by atoms with Gasteiger partial charge in [0.25, 0.3) is 5.91 Å². The average molecular weight is 529 g/mol. The van der Waals surface area contributed by atoms with Gasteiger partial charge < -0.3 is 30.0 Å². The molecule has 0 radical (unpaired) electrons. The number of methoxy groups -OCH3 is 4. The molecule has 3 N–H and O–H groups in total. The predicted octanol–water partition coefficient (Wildman–Crippen LogP) is 4.93. The molecule has 0 saturated heterocycles. The molecule has 1 amide bonds. The number of Topliss-reactive ketones (excluding diaryl/α,β-unsaturated/α-hetero) is 1. The van der Waals surface area contributed by atoms with Crippen LogP contribution in [-0.2, 0) is 4.79 Å². The monoisotopic (exact) mass is 528 g/mol. The standard InChI is InChI=1S/C31H32N2O6/c1-36-26-11-9-19(15-28(26)38-3)13-21-17-23(33-31(35)24-7-5-6-8-25(24)32)18-22(30(21)34)14-20-10-12-27(37-2)29(16-20)39-4/h5-16,23H,17-18,32H2,1-4H3,(H,33,35)/b21-13+,22-14+. The Bertz CT molecular complexity index is 1370. The van der Waals surface area contributed by atoms with Crippen LogP contribution in [0.3, 0.4) is 0 Å². The van der Waals surface area contributed by atoms with Gasteiger partial charge in [0.1, 0.15) is 0 Å². The van der Waals surface area contributed by atoms with Gasteiger partial charge in [0, 0.05) is 22.9 Å². The number of ether oxygens (including phenoxy) is 4. The van der Waals surface area contributed by atoms with Gasteiger partial charge in [0.15, 0.2) is 28.8 Å². The van der Waals surface area contributed by atoms with Crippen LogP contribution in [0.5, 0.6) is 23.0 Å². The van der Waals surface area contributed by atoms with Crippen LogP contribution in [0.4, 0.5) is 5.69 Å². The average Bonchev–Trinajstić information content (AvgIpc) is 2.95. The summed E-state index contributed by atoms with van der Waals surface area (Å²) in [5.74, 6) is 1.91. The minimum Gasteiger partial charge on any atom is -0.493 e. The molecule has 8 nitrogen and oxygen atoms in total. The molecule has 4 rings (SSSR count). The predicted molar refractivity (Wildman–Crippen MR) is 151 cm³/mol. The molecule has 1 fully saturated rings. The lowest BCUT2D eigenvalue weighted by Gasteiger charge is -2.27. The normalized spacial score (nSPS) is 17.1. The van der Waals surface area contributed by atoms with E-state index in [1.54, 1.807) is 64.8 Å². The van der Waals surface area contributed by atoms with E-state index in [0.717, 1.165) is 11.1 Å². The quantitative estimate of drug-likeness (QED) is 0.315. The highest BCUT2D eigenvalue weighted by Crippen LogP contribution is 2.34. The third kappa shape index (κ3) is 6.23. The number of nitrogens with one attached hydrogen (secondary N) is 1. The number of benzene rings is 3. The van der Waals surface area contributed by atoms with Crippen molar-refractivity contribution in [3.63, 3.8) is 0 Å². The summed E-state index contributed by atoms with van der Waals surface area (Å²) >= 11 is 0. The fourth-order valence-electron chi connectivity index (χ4n) is 4.60.